The van der Waals surface area contributed by atoms with Crippen molar-refractivity contribution >= 4 is 10.0 Å². The Morgan fingerprint density at radius 2 is 1.85 bits per heavy atom. The number of rotatable bonds is 4. The van der Waals surface area contributed by atoms with Crippen molar-refractivity contribution in [3.63, 3.8) is 0 Å². The third kappa shape index (κ3) is 4.15. The molecule has 33 heavy (non-hydrogen) atoms. The van der Waals surface area contributed by atoms with E-state index in [1.807, 2.05) is 0 Å². The van der Waals surface area contributed by atoms with Crippen LogP contribution in [0.25, 0.3) is 11.5 Å². The predicted octanol–water partition coefficient (Wildman–Crippen LogP) is 4.05. The Morgan fingerprint density at radius 1 is 1.03 bits per heavy atom. The third-order valence-electron chi connectivity index (χ3n) is 5.59. The third-order valence-corrected chi connectivity index (χ3v) is 7.45. The minimum Gasteiger partial charge on any atom is -0.454 e. The van der Waals surface area contributed by atoms with Crippen LogP contribution in [0.2, 0.25) is 0 Å². The highest BCUT2D eigenvalue weighted by molar-refractivity contribution is 7.89. The maximum atomic E-state index is 13.0. The molecule has 1 fully saturated rings. The smallest absolute Gasteiger partial charge is 0.416 e. The molecule has 2 aromatic carbocycles. The van der Waals surface area contributed by atoms with Gasteiger partial charge in [-0.25, -0.2) is 8.42 Å². The summed E-state index contributed by atoms with van der Waals surface area (Å²) in [5.41, 5.74) is -0.385. The first-order chi connectivity index (χ1) is 15.7. The van der Waals surface area contributed by atoms with E-state index in [2.05, 4.69) is 10.2 Å². The maximum absolute atomic E-state index is 13.0. The number of nitrogens with zero attached hydrogens (tertiary/aromatic N) is 3. The van der Waals surface area contributed by atoms with E-state index in [1.165, 1.54) is 10.4 Å². The van der Waals surface area contributed by atoms with E-state index >= 15 is 0 Å². The molecule has 3 aromatic rings. The van der Waals surface area contributed by atoms with Gasteiger partial charge in [0, 0.05) is 18.7 Å². The normalized spacial score (nSPS) is 19.1. The Balaban J connectivity index is 1.36. The number of hydrogen-bond acceptors (Lipinski definition) is 7. The zero-order valence-electron chi connectivity index (χ0n) is 17.1. The summed E-state index contributed by atoms with van der Waals surface area (Å²) < 4.78 is 82.8. The second kappa shape index (κ2) is 8.03. The quantitative estimate of drug-likeness (QED) is 0.555. The van der Waals surface area contributed by atoms with Gasteiger partial charge in [0.25, 0.3) is 0 Å². The molecule has 8 nitrogen and oxygen atoms in total. The van der Waals surface area contributed by atoms with Gasteiger partial charge in [-0.15, -0.1) is 10.2 Å². The van der Waals surface area contributed by atoms with Crippen LogP contribution in [-0.2, 0) is 16.2 Å². The molecule has 5 rings (SSSR count). The fourth-order valence-electron chi connectivity index (χ4n) is 3.89. The van der Waals surface area contributed by atoms with E-state index in [0.717, 1.165) is 12.1 Å². The van der Waals surface area contributed by atoms with Crippen LogP contribution in [0.4, 0.5) is 13.2 Å². The largest absolute Gasteiger partial charge is 0.454 e. The summed E-state index contributed by atoms with van der Waals surface area (Å²) in [6, 6.07) is 8.94. The number of sulfonamides is 1. The first-order valence-corrected chi connectivity index (χ1v) is 11.6. The highest BCUT2D eigenvalue weighted by Crippen LogP contribution is 2.37. The fraction of sp³-hybridized carbons (Fsp3) is 0.333. The van der Waals surface area contributed by atoms with Crippen LogP contribution in [0, 0.1) is 0 Å². The monoisotopic (exact) mass is 481 g/mol. The van der Waals surface area contributed by atoms with Gasteiger partial charge in [-0.05, 0) is 49.2 Å². The average molecular weight is 481 g/mol. The molecule has 2 aliphatic heterocycles. The van der Waals surface area contributed by atoms with Crippen molar-refractivity contribution in [2.45, 2.75) is 29.8 Å². The number of aromatic nitrogens is 2. The van der Waals surface area contributed by atoms with E-state index < -0.39 is 26.7 Å². The molecule has 3 heterocycles. The van der Waals surface area contributed by atoms with Gasteiger partial charge in [0.1, 0.15) is 0 Å². The molecule has 0 amide bonds. The molecule has 174 valence electrons. The molecule has 0 bridgehead atoms. The topological polar surface area (TPSA) is 94.8 Å². The number of fused-ring (bicyclic) bond motifs is 1. The second-order valence-corrected chi connectivity index (χ2v) is 9.68. The summed E-state index contributed by atoms with van der Waals surface area (Å²) in [5.74, 6) is 1.31. The number of alkyl halides is 3. The van der Waals surface area contributed by atoms with Gasteiger partial charge in [-0.1, -0.05) is 6.07 Å². The Bertz CT molecular complexity index is 1290. The number of piperidine rings is 1. The van der Waals surface area contributed by atoms with E-state index in [-0.39, 0.29) is 37.6 Å². The number of benzene rings is 2. The molecule has 1 aromatic heterocycles. The molecule has 0 aliphatic carbocycles. The Morgan fingerprint density at radius 3 is 2.67 bits per heavy atom. The molecule has 0 N–H and O–H groups in total. The van der Waals surface area contributed by atoms with E-state index in [1.54, 1.807) is 18.2 Å². The lowest BCUT2D eigenvalue weighted by Gasteiger charge is -2.30. The minimum atomic E-state index is -4.63. The van der Waals surface area contributed by atoms with Crippen LogP contribution in [0.15, 0.2) is 51.8 Å². The van der Waals surface area contributed by atoms with Gasteiger partial charge in [-0.3, -0.25) is 0 Å². The van der Waals surface area contributed by atoms with Crippen LogP contribution in [0.3, 0.4) is 0 Å². The van der Waals surface area contributed by atoms with Gasteiger partial charge in [0.05, 0.1) is 16.4 Å². The molecule has 1 unspecified atom stereocenters. The molecular formula is C21H18F3N3O5S. The lowest BCUT2D eigenvalue weighted by atomic mass is 10.00. The molecular weight excluding hydrogens is 463 g/mol. The van der Waals surface area contributed by atoms with Crippen molar-refractivity contribution in [3.8, 4) is 23.0 Å². The Labute approximate surface area is 187 Å². The fourth-order valence-corrected chi connectivity index (χ4v) is 5.46. The Kier molecular flexibility index (Phi) is 5.28. The van der Waals surface area contributed by atoms with Gasteiger partial charge < -0.3 is 13.9 Å². The van der Waals surface area contributed by atoms with Gasteiger partial charge in [-0.2, -0.15) is 17.5 Å². The van der Waals surface area contributed by atoms with Crippen LogP contribution in [-0.4, -0.2) is 42.8 Å². The van der Waals surface area contributed by atoms with Crippen molar-refractivity contribution < 1.29 is 35.5 Å². The predicted molar refractivity (Wildman–Crippen MR) is 108 cm³/mol. The molecule has 0 saturated carbocycles. The SMILES string of the molecule is O=S(=O)(c1cccc(C(F)(F)F)c1)N1CCCC(c2nnc(-c3ccc4c(c3)OCO4)o2)C1. The minimum absolute atomic E-state index is 0.0291. The van der Waals surface area contributed by atoms with E-state index in [9.17, 15) is 21.6 Å². The first kappa shape index (κ1) is 21.7. The van der Waals surface area contributed by atoms with Crippen molar-refractivity contribution in [1.82, 2.24) is 14.5 Å². The van der Waals surface area contributed by atoms with Crippen LogP contribution < -0.4 is 9.47 Å². The first-order valence-electron chi connectivity index (χ1n) is 10.1. The molecule has 12 heteroatoms. The summed E-state index contributed by atoms with van der Waals surface area (Å²) in [5, 5.41) is 8.15. The van der Waals surface area contributed by atoms with Crippen LogP contribution in [0.5, 0.6) is 11.5 Å². The van der Waals surface area contributed by atoms with E-state index in [4.69, 9.17) is 13.9 Å². The summed E-state index contributed by atoms with van der Waals surface area (Å²) in [6.07, 6.45) is -3.52. The molecule has 1 saturated heterocycles. The number of halogens is 3. The lowest BCUT2D eigenvalue weighted by molar-refractivity contribution is -0.137. The zero-order valence-corrected chi connectivity index (χ0v) is 17.9. The number of ether oxygens (including phenoxy) is 2. The summed E-state index contributed by atoms with van der Waals surface area (Å²) in [7, 11) is -4.12. The van der Waals surface area contributed by atoms with Crippen LogP contribution in [0.1, 0.15) is 30.2 Å². The van der Waals surface area contributed by atoms with Crippen molar-refractivity contribution in [3.05, 3.63) is 53.9 Å². The van der Waals surface area contributed by atoms with Gasteiger partial charge in [0.15, 0.2) is 11.5 Å². The average Bonchev–Trinajstić information content (AvgIpc) is 3.48. The lowest BCUT2D eigenvalue weighted by Crippen LogP contribution is -2.39. The maximum Gasteiger partial charge on any atom is 0.416 e. The van der Waals surface area contributed by atoms with Gasteiger partial charge >= 0.3 is 6.18 Å². The van der Waals surface area contributed by atoms with Crippen LogP contribution >= 0.6 is 0 Å². The summed E-state index contributed by atoms with van der Waals surface area (Å²) in [4.78, 5) is -0.399. The van der Waals surface area contributed by atoms with E-state index in [0.29, 0.717) is 36.0 Å². The van der Waals surface area contributed by atoms with Crippen molar-refractivity contribution in [1.29, 1.82) is 0 Å². The molecule has 0 spiro atoms. The molecule has 2 aliphatic rings. The highest BCUT2D eigenvalue weighted by atomic mass is 32.2. The highest BCUT2D eigenvalue weighted by Gasteiger charge is 2.36. The standard InChI is InChI=1S/C21H18F3N3O5S/c22-21(23,24)15-4-1-5-16(10-15)33(28,29)27-8-2-3-14(11-27)20-26-25-19(32-20)13-6-7-17-18(9-13)31-12-30-17/h1,4-7,9-10,14H,2-3,8,11-12H2. The number of hydrogen-bond donors (Lipinski definition) is 0. The van der Waals surface area contributed by atoms with Crippen molar-refractivity contribution in [2.75, 3.05) is 19.9 Å². The second-order valence-electron chi connectivity index (χ2n) is 7.74. The molecule has 1 atom stereocenters. The Hall–Kier alpha value is -3.12. The zero-order chi connectivity index (χ0) is 23.2. The van der Waals surface area contributed by atoms with Crippen molar-refractivity contribution in [2.24, 2.45) is 0 Å². The molecule has 0 radical (unpaired) electrons. The summed E-state index contributed by atoms with van der Waals surface area (Å²) in [6.45, 7) is 0.353. The summed E-state index contributed by atoms with van der Waals surface area (Å²) >= 11 is 0. The van der Waals surface area contributed by atoms with Gasteiger partial charge in [0.2, 0.25) is 28.6 Å².